The molecule has 1 aromatic rings. The number of carboxylic acid groups (broad SMARTS) is 1. The van der Waals surface area contributed by atoms with Crippen molar-refractivity contribution in [2.24, 2.45) is 5.92 Å². The number of ether oxygens (including phenoxy) is 1. The van der Waals surface area contributed by atoms with Crippen LogP contribution in [0, 0.1) is 12.8 Å². The Morgan fingerprint density at radius 3 is 2.81 bits per heavy atom. The summed E-state index contributed by atoms with van der Waals surface area (Å²) >= 11 is 3.22. The number of sulfonamides is 1. The fraction of sp³-hybridized carbons (Fsp3) is 0.462. The molecular formula is C13H16BrNO5S. The molecule has 116 valence electrons. The third kappa shape index (κ3) is 3.82. The molecule has 1 aromatic carbocycles. The molecule has 0 bridgehead atoms. The van der Waals surface area contributed by atoms with Crippen LogP contribution in [0.4, 0.5) is 0 Å². The van der Waals surface area contributed by atoms with E-state index in [1.54, 1.807) is 6.92 Å². The fourth-order valence-electron chi connectivity index (χ4n) is 2.11. The topological polar surface area (TPSA) is 92.7 Å². The average Bonchev–Trinajstić information content (AvgIpc) is 2.92. The number of rotatable bonds is 5. The molecule has 1 heterocycles. The molecule has 0 amide bonds. The van der Waals surface area contributed by atoms with E-state index in [2.05, 4.69) is 20.7 Å². The second-order valence-electron chi connectivity index (χ2n) is 4.99. The van der Waals surface area contributed by atoms with Gasteiger partial charge in [0.1, 0.15) is 0 Å². The lowest BCUT2D eigenvalue weighted by Crippen LogP contribution is -2.30. The molecule has 2 rings (SSSR count). The monoisotopic (exact) mass is 377 g/mol. The van der Waals surface area contributed by atoms with Crippen LogP contribution in [0.5, 0.6) is 0 Å². The summed E-state index contributed by atoms with van der Waals surface area (Å²) in [5.41, 5.74) is 0.500. The summed E-state index contributed by atoms with van der Waals surface area (Å²) in [4.78, 5) is 11.0. The highest BCUT2D eigenvalue weighted by molar-refractivity contribution is 9.10. The summed E-state index contributed by atoms with van der Waals surface area (Å²) in [6, 6.07) is 2.59. The van der Waals surface area contributed by atoms with Gasteiger partial charge >= 0.3 is 5.97 Å². The van der Waals surface area contributed by atoms with Gasteiger partial charge in [0.2, 0.25) is 10.0 Å². The zero-order chi connectivity index (χ0) is 15.6. The number of hydrogen-bond acceptors (Lipinski definition) is 4. The molecule has 6 nitrogen and oxygen atoms in total. The Morgan fingerprint density at radius 1 is 1.52 bits per heavy atom. The standard InChI is InChI=1S/C13H16BrNO5S/c1-8-4-10(13(16)17)5-11(12(8)14)21(18,19)15-6-9-2-3-20-7-9/h4-5,9,15H,2-3,6-7H2,1H3,(H,16,17). The van der Waals surface area contributed by atoms with Gasteiger partial charge in [0.15, 0.2) is 0 Å². The minimum atomic E-state index is -3.77. The summed E-state index contributed by atoms with van der Waals surface area (Å²) in [7, 11) is -3.77. The minimum Gasteiger partial charge on any atom is -0.478 e. The van der Waals surface area contributed by atoms with Gasteiger partial charge < -0.3 is 9.84 Å². The summed E-state index contributed by atoms with van der Waals surface area (Å²) in [5, 5.41) is 9.05. The SMILES string of the molecule is Cc1cc(C(=O)O)cc(S(=O)(=O)NCC2CCOC2)c1Br. The van der Waals surface area contributed by atoms with E-state index in [0.717, 1.165) is 12.5 Å². The lowest BCUT2D eigenvalue weighted by atomic mass is 10.1. The lowest BCUT2D eigenvalue weighted by molar-refractivity contribution is 0.0696. The van der Waals surface area contributed by atoms with E-state index in [4.69, 9.17) is 9.84 Å². The van der Waals surface area contributed by atoms with E-state index in [-0.39, 0.29) is 22.9 Å². The van der Waals surface area contributed by atoms with Crippen molar-refractivity contribution >= 4 is 31.9 Å². The van der Waals surface area contributed by atoms with E-state index in [1.807, 2.05) is 0 Å². The maximum absolute atomic E-state index is 12.4. The number of aryl methyl sites for hydroxylation is 1. The molecule has 0 aromatic heterocycles. The normalized spacial score (nSPS) is 18.9. The third-order valence-corrected chi connectivity index (χ3v) is 6.11. The van der Waals surface area contributed by atoms with Crippen molar-refractivity contribution in [3.63, 3.8) is 0 Å². The highest BCUT2D eigenvalue weighted by atomic mass is 79.9. The van der Waals surface area contributed by atoms with Crippen molar-refractivity contribution in [3.05, 3.63) is 27.7 Å². The van der Waals surface area contributed by atoms with E-state index in [1.165, 1.54) is 6.07 Å². The Hall–Kier alpha value is -0.960. The molecule has 0 spiro atoms. The zero-order valence-electron chi connectivity index (χ0n) is 11.4. The Balaban J connectivity index is 2.27. The maximum atomic E-state index is 12.4. The first-order chi connectivity index (χ1) is 9.81. The first-order valence-electron chi connectivity index (χ1n) is 6.42. The van der Waals surface area contributed by atoms with Gasteiger partial charge in [0.05, 0.1) is 17.1 Å². The maximum Gasteiger partial charge on any atom is 0.335 e. The van der Waals surface area contributed by atoms with Gasteiger partial charge in [-0.25, -0.2) is 17.9 Å². The van der Waals surface area contributed by atoms with Crippen LogP contribution in [-0.4, -0.2) is 39.3 Å². The molecule has 0 saturated carbocycles. The van der Waals surface area contributed by atoms with Crippen LogP contribution >= 0.6 is 15.9 Å². The Bertz CT molecular complexity index is 653. The Labute approximate surface area is 131 Å². The van der Waals surface area contributed by atoms with Crippen LogP contribution in [0.2, 0.25) is 0 Å². The van der Waals surface area contributed by atoms with Crippen LogP contribution in [0.1, 0.15) is 22.3 Å². The highest BCUT2D eigenvalue weighted by Gasteiger charge is 2.24. The van der Waals surface area contributed by atoms with Crippen molar-refractivity contribution in [2.75, 3.05) is 19.8 Å². The molecule has 8 heteroatoms. The number of halogens is 1. The van der Waals surface area contributed by atoms with Crippen molar-refractivity contribution in [2.45, 2.75) is 18.2 Å². The number of benzene rings is 1. The number of carbonyl (C=O) groups is 1. The molecule has 1 aliphatic heterocycles. The predicted octanol–water partition coefficient (Wildman–Crippen LogP) is 1.77. The first kappa shape index (κ1) is 16.4. The van der Waals surface area contributed by atoms with E-state index in [9.17, 15) is 13.2 Å². The minimum absolute atomic E-state index is 0.0553. The molecule has 1 unspecified atom stereocenters. The lowest BCUT2D eigenvalue weighted by Gasteiger charge is -2.13. The summed E-state index contributed by atoms with van der Waals surface area (Å²) in [5.74, 6) is -1.01. The largest absolute Gasteiger partial charge is 0.478 e. The van der Waals surface area contributed by atoms with Crippen LogP contribution in [-0.2, 0) is 14.8 Å². The second-order valence-corrected chi connectivity index (χ2v) is 7.52. The van der Waals surface area contributed by atoms with E-state index < -0.39 is 16.0 Å². The molecule has 1 saturated heterocycles. The molecule has 1 aliphatic rings. The van der Waals surface area contributed by atoms with Crippen molar-refractivity contribution < 1.29 is 23.1 Å². The molecule has 2 N–H and O–H groups in total. The van der Waals surface area contributed by atoms with E-state index >= 15 is 0 Å². The van der Waals surface area contributed by atoms with Crippen LogP contribution in [0.3, 0.4) is 0 Å². The highest BCUT2D eigenvalue weighted by Crippen LogP contribution is 2.27. The number of carboxylic acids is 1. The van der Waals surface area contributed by atoms with E-state index in [0.29, 0.717) is 23.2 Å². The molecular weight excluding hydrogens is 362 g/mol. The van der Waals surface area contributed by atoms with Crippen LogP contribution in [0.25, 0.3) is 0 Å². The first-order valence-corrected chi connectivity index (χ1v) is 8.69. The van der Waals surface area contributed by atoms with Crippen LogP contribution in [0.15, 0.2) is 21.5 Å². The quantitative estimate of drug-likeness (QED) is 0.815. The summed E-state index contributed by atoms with van der Waals surface area (Å²) < 4.78 is 32.8. The average molecular weight is 378 g/mol. The van der Waals surface area contributed by atoms with Gasteiger partial charge in [-0.1, -0.05) is 0 Å². The van der Waals surface area contributed by atoms with Crippen molar-refractivity contribution in [1.82, 2.24) is 4.72 Å². The fourth-order valence-corrected chi connectivity index (χ4v) is 4.26. The predicted molar refractivity (Wildman–Crippen MR) is 80.0 cm³/mol. The van der Waals surface area contributed by atoms with Gasteiger partial charge in [0, 0.05) is 17.6 Å². The molecule has 21 heavy (non-hydrogen) atoms. The van der Waals surface area contributed by atoms with Gasteiger partial charge in [-0.2, -0.15) is 0 Å². The molecule has 1 atom stereocenters. The van der Waals surface area contributed by atoms with Crippen LogP contribution < -0.4 is 4.72 Å². The molecule has 0 radical (unpaired) electrons. The number of hydrogen-bond donors (Lipinski definition) is 2. The van der Waals surface area contributed by atoms with Crippen molar-refractivity contribution in [3.8, 4) is 0 Å². The third-order valence-electron chi connectivity index (χ3n) is 3.34. The second kappa shape index (κ2) is 6.43. The van der Waals surface area contributed by atoms with Gasteiger partial charge in [0.25, 0.3) is 0 Å². The molecule has 0 aliphatic carbocycles. The Morgan fingerprint density at radius 2 is 2.24 bits per heavy atom. The number of aromatic carboxylic acids is 1. The zero-order valence-corrected chi connectivity index (χ0v) is 13.8. The Kier molecular flexibility index (Phi) is 5.03. The van der Waals surface area contributed by atoms with Gasteiger partial charge in [-0.15, -0.1) is 0 Å². The smallest absolute Gasteiger partial charge is 0.335 e. The molecule has 1 fully saturated rings. The van der Waals surface area contributed by atoms with Gasteiger partial charge in [-0.3, -0.25) is 0 Å². The summed E-state index contributed by atoms with van der Waals surface area (Å²) in [6.45, 7) is 3.12. The van der Waals surface area contributed by atoms with Gasteiger partial charge in [-0.05, 0) is 52.9 Å². The summed E-state index contributed by atoms with van der Waals surface area (Å²) in [6.07, 6.45) is 0.817. The number of nitrogens with one attached hydrogen (secondary N) is 1. The van der Waals surface area contributed by atoms with Crippen molar-refractivity contribution in [1.29, 1.82) is 0 Å².